The second-order valence-electron chi connectivity index (χ2n) is 7.90. The molecule has 2 aromatic heterocycles. The zero-order chi connectivity index (χ0) is 21.4. The first-order chi connectivity index (χ1) is 15.1. The molecule has 4 aromatic rings. The number of aromatic amines is 1. The van der Waals surface area contributed by atoms with Crippen molar-refractivity contribution >= 4 is 39.1 Å². The number of anilines is 1. The van der Waals surface area contributed by atoms with Crippen molar-refractivity contribution in [1.29, 1.82) is 0 Å². The average Bonchev–Trinajstić information content (AvgIpc) is 3.27. The van der Waals surface area contributed by atoms with E-state index in [1.807, 2.05) is 30.3 Å². The van der Waals surface area contributed by atoms with Crippen LogP contribution in [0.15, 0.2) is 47.4 Å². The van der Waals surface area contributed by atoms with Gasteiger partial charge in [0.25, 0.3) is 5.56 Å². The Morgan fingerprint density at radius 3 is 2.84 bits per heavy atom. The molecule has 31 heavy (non-hydrogen) atoms. The number of aliphatic hydroxyl groups is 1. The summed E-state index contributed by atoms with van der Waals surface area (Å²) in [5, 5.41) is 18.1. The lowest BCUT2D eigenvalue weighted by Gasteiger charge is -2.15. The molecule has 0 saturated carbocycles. The lowest BCUT2D eigenvalue weighted by atomic mass is 10.1. The number of pyridine rings is 1. The molecule has 2 aromatic carbocycles. The highest BCUT2D eigenvalue weighted by atomic mass is 35.5. The van der Waals surface area contributed by atoms with Crippen LogP contribution in [0.3, 0.4) is 0 Å². The lowest BCUT2D eigenvalue weighted by Crippen LogP contribution is -2.22. The van der Waals surface area contributed by atoms with Gasteiger partial charge < -0.3 is 20.7 Å². The molecule has 1 aliphatic heterocycles. The van der Waals surface area contributed by atoms with E-state index in [0.29, 0.717) is 34.2 Å². The SMILES string of the molecule is O=c1[nH]c(Cc2cnc3ccc(CO)cc3c2)nc2cc(N[C@@H]3CCNC3)c(Cl)cc12. The van der Waals surface area contributed by atoms with Gasteiger partial charge in [-0.2, -0.15) is 0 Å². The molecule has 7 nitrogen and oxygen atoms in total. The van der Waals surface area contributed by atoms with Gasteiger partial charge >= 0.3 is 0 Å². The topological polar surface area (TPSA) is 103 Å². The molecule has 0 bridgehead atoms. The largest absolute Gasteiger partial charge is 0.392 e. The Bertz CT molecular complexity index is 1330. The number of aliphatic hydroxyl groups excluding tert-OH is 1. The van der Waals surface area contributed by atoms with Crippen molar-refractivity contribution in [1.82, 2.24) is 20.3 Å². The highest BCUT2D eigenvalue weighted by molar-refractivity contribution is 6.34. The Balaban J connectivity index is 1.48. The lowest BCUT2D eigenvalue weighted by molar-refractivity contribution is 0.282. The van der Waals surface area contributed by atoms with Crippen molar-refractivity contribution in [3.8, 4) is 0 Å². The molecule has 0 aliphatic carbocycles. The van der Waals surface area contributed by atoms with E-state index < -0.39 is 0 Å². The van der Waals surface area contributed by atoms with Gasteiger partial charge in [-0.25, -0.2) is 4.98 Å². The van der Waals surface area contributed by atoms with Crippen molar-refractivity contribution in [3.63, 3.8) is 0 Å². The van der Waals surface area contributed by atoms with Crippen LogP contribution in [0.5, 0.6) is 0 Å². The van der Waals surface area contributed by atoms with Crippen LogP contribution < -0.4 is 16.2 Å². The smallest absolute Gasteiger partial charge is 0.258 e. The maximum atomic E-state index is 12.7. The standard InChI is InChI=1S/C23H22ClN5O2/c24-18-8-17-20(9-21(18)27-16-3-4-25-11-16)28-22(29-23(17)31)7-14-6-15-5-13(12-30)1-2-19(15)26-10-14/h1-2,5-6,8-10,16,25,27,30H,3-4,7,11-12H2,(H,28,29,31)/t16-/m1/s1. The third-order valence-corrected chi connectivity index (χ3v) is 5.93. The highest BCUT2D eigenvalue weighted by Crippen LogP contribution is 2.27. The molecule has 0 radical (unpaired) electrons. The van der Waals surface area contributed by atoms with E-state index >= 15 is 0 Å². The normalized spacial score (nSPS) is 16.3. The third kappa shape index (κ3) is 4.12. The molecule has 3 heterocycles. The minimum atomic E-state index is -0.215. The molecule has 1 saturated heterocycles. The van der Waals surface area contributed by atoms with Crippen LogP contribution in [-0.4, -0.2) is 39.2 Å². The first-order valence-electron chi connectivity index (χ1n) is 10.3. The van der Waals surface area contributed by atoms with Crippen molar-refractivity contribution < 1.29 is 5.11 Å². The van der Waals surface area contributed by atoms with Crippen LogP contribution in [0.4, 0.5) is 5.69 Å². The molecular weight excluding hydrogens is 414 g/mol. The number of nitrogens with zero attached hydrogens (tertiary/aromatic N) is 2. The second-order valence-corrected chi connectivity index (χ2v) is 8.31. The predicted octanol–water partition coefficient (Wildman–Crippen LogP) is 2.98. The van der Waals surface area contributed by atoms with Crippen LogP contribution in [0.1, 0.15) is 23.4 Å². The van der Waals surface area contributed by atoms with Crippen LogP contribution in [0.2, 0.25) is 5.02 Å². The third-order valence-electron chi connectivity index (χ3n) is 5.62. The minimum Gasteiger partial charge on any atom is -0.392 e. The number of fused-ring (bicyclic) bond motifs is 2. The molecule has 0 unspecified atom stereocenters. The van der Waals surface area contributed by atoms with Crippen molar-refractivity contribution in [2.24, 2.45) is 0 Å². The van der Waals surface area contributed by atoms with Gasteiger partial charge in [0.1, 0.15) is 5.82 Å². The minimum absolute atomic E-state index is 0.0183. The van der Waals surface area contributed by atoms with Gasteiger partial charge in [-0.1, -0.05) is 17.7 Å². The molecule has 5 rings (SSSR count). The second kappa shape index (κ2) is 8.26. The molecular formula is C23H22ClN5O2. The van der Waals surface area contributed by atoms with Gasteiger partial charge in [-0.15, -0.1) is 0 Å². The molecule has 0 spiro atoms. The van der Waals surface area contributed by atoms with E-state index in [1.54, 1.807) is 12.3 Å². The van der Waals surface area contributed by atoms with E-state index in [1.165, 1.54) is 0 Å². The van der Waals surface area contributed by atoms with E-state index in [-0.39, 0.29) is 12.2 Å². The molecule has 0 amide bonds. The number of nitrogens with one attached hydrogen (secondary N) is 3. The summed E-state index contributed by atoms with van der Waals surface area (Å²) in [5.74, 6) is 0.563. The zero-order valence-corrected chi connectivity index (χ0v) is 17.5. The number of hydrogen-bond donors (Lipinski definition) is 4. The van der Waals surface area contributed by atoms with Crippen LogP contribution >= 0.6 is 11.6 Å². The first kappa shape index (κ1) is 19.9. The summed E-state index contributed by atoms with van der Waals surface area (Å²) in [4.78, 5) is 24.7. The number of hydrogen-bond acceptors (Lipinski definition) is 6. The van der Waals surface area contributed by atoms with Gasteiger partial charge in [0.2, 0.25) is 0 Å². The molecule has 4 N–H and O–H groups in total. The van der Waals surface area contributed by atoms with Gasteiger partial charge in [0.15, 0.2) is 0 Å². The van der Waals surface area contributed by atoms with Crippen molar-refractivity contribution in [2.75, 3.05) is 18.4 Å². The summed E-state index contributed by atoms with van der Waals surface area (Å²) >= 11 is 6.41. The summed E-state index contributed by atoms with van der Waals surface area (Å²) < 4.78 is 0. The van der Waals surface area contributed by atoms with Gasteiger partial charge in [0, 0.05) is 30.6 Å². The molecule has 8 heteroatoms. The molecule has 1 atom stereocenters. The fourth-order valence-corrected chi connectivity index (χ4v) is 4.23. The van der Waals surface area contributed by atoms with E-state index in [2.05, 4.69) is 25.6 Å². The fraction of sp³-hybridized carbons (Fsp3) is 0.261. The summed E-state index contributed by atoms with van der Waals surface area (Å²) in [5.41, 5.74) is 3.79. The summed E-state index contributed by atoms with van der Waals surface area (Å²) in [6.45, 7) is 1.84. The Hall–Kier alpha value is -3.00. The van der Waals surface area contributed by atoms with Crippen LogP contribution in [0, 0.1) is 0 Å². The molecule has 1 fully saturated rings. The van der Waals surface area contributed by atoms with Crippen LogP contribution in [0.25, 0.3) is 21.8 Å². The van der Waals surface area contributed by atoms with Gasteiger partial charge in [0.05, 0.1) is 33.7 Å². The van der Waals surface area contributed by atoms with Crippen molar-refractivity contribution in [3.05, 3.63) is 74.9 Å². The first-order valence-corrected chi connectivity index (χ1v) is 10.6. The van der Waals surface area contributed by atoms with E-state index in [4.69, 9.17) is 11.6 Å². The predicted molar refractivity (Wildman–Crippen MR) is 123 cm³/mol. The number of H-pyrrole nitrogens is 1. The fourth-order valence-electron chi connectivity index (χ4n) is 4.02. The quantitative estimate of drug-likeness (QED) is 0.384. The Morgan fingerprint density at radius 1 is 1.16 bits per heavy atom. The maximum Gasteiger partial charge on any atom is 0.258 e. The van der Waals surface area contributed by atoms with Gasteiger partial charge in [-0.3, -0.25) is 9.78 Å². The summed E-state index contributed by atoms with van der Waals surface area (Å²) in [6, 6.07) is 11.5. The van der Waals surface area contributed by atoms with E-state index in [0.717, 1.165) is 47.2 Å². The van der Waals surface area contributed by atoms with Gasteiger partial charge in [-0.05, 0) is 54.4 Å². The summed E-state index contributed by atoms with van der Waals surface area (Å²) in [6.07, 6.45) is 3.25. The number of benzene rings is 2. The average molecular weight is 436 g/mol. The van der Waals surface area contributed by atoms with E-state index in [9.17, 15) is 9.90 Å². The van der Waals surface area contributed by atoms with Crippen LogP contribution in [-0.2, 0) is 13.0 Å². The van der Waals surface area contributed by atoms with Crippen molar-refractivity contribution in [2.45, 2.75) is 25.5 Å². The molecule has 158 valence electrons. The number of rotatable bonds is 5. The number of halogens is 1. The zero-order valence-electron chi connectivity index (χ0n) is 16.8. The Labute approximate surface area is 183 Å². The highest BCUT2D eigenvalue weighted by Gasteiger charge is 2.16. The number of aromatic nitrogens is 3. The summed E-state index contributed by atoms with van der Waals surface area (Å²) in [7, 11) is 0. The maximum absolute atomic E-state index is 12.7. The Morgan fingerprint density at radius 2 is 2.03 bits per heavy atom. The molecule has 1 aliphatic rings. The monoisotopic (exact) mass is 435 g/mol. The Kier molecular flexibility index (Phi) is 5.31.